The van der Waals surface area contributed by atoms with Crippen molar-refractivity contribution < 1.29 is 0 Å². The Kier molecular flexibility index (Phi) is 4.10. The van der Waals surface area contributed by atoms with Gasteiger partial charge in [0.2, 0.25) is 0 Å². The van der Waals surface area contributed by atoms with Crippen LogP contribution in [0.3, 0.4) is 0 Å². The smallest absolute Gasteiger partial charge is 0.0961 e. The van der Waals surface area contributed by atoms with Gasteiger partial charge < -0.3 is 5.32 Å². The van der Waals surface area contributed by atoms with Crippen molar-refractivity contribution in [2.75, 3.05) is 7.05 Å². The molecule has 1 heterocycles. The second-order valence-electron chi connectivity index (χ2n) is 3.85. The summed E-state index contributed by atoms with van der Waals surface area (Å²) >= 11 is 13.9. The molecule has 1 N–H and O–H groups in total. The zero-order chi connectivity index (χ0) is 12.4. The van der Waals surface area contributed by atoms with Crippen LogP contribution in [-0.2, 0) is 0 Å². The Balaban J connectivity index is 2.44. The summed E-state index contributed by atoms with van der Waals surface area (Å²) in [6.07, 6.45) is 0. The number of hydrogen-bond donors (Lipinski definition) is 1. The van der Waals surface area contributed by atoms with Gasteiger partial charge in [-0.15, -0.1) is 11.3 Å². The molecule has 0 radical (unpaired) electrons. The molecule has 0 aliphatic rings. The van der Waals surface area contributed by atoms with E-state index >= 15 is 0 Å². The maximum Gasteiger partial charge on any atom is 0.0961 e. The molecule has 0 spiro atoms. The lowest BCUT2D eigenvalue weighted by Gasteiger charge is -2.16. The van der Waals surface area contributed by atoms with E-state index in [1.54, 1.807) is 11.3 Å². The van der Waals surface area contributed by atoms with Crippen LogP contribution in [-0.4, -0.2) is 7.05 Å². The normalized spacial score (nSPS) is 12.7. The minimum Gasteiger partial charge on any atom is -0.309 e. The second kappa shape index (κ2) is 5.40. The van der Waals surface area contributed by atoms with E-state index in [0.29, 0.717) is 0 Å². The highest BCUT2D eigenvalue weighted by Crippen LogP contribution is 2.35. The molecule has 1 nitrogen and oxygen atoms in total. The first kappa shape index (κ1) is 12.9. The van der Waals surface area contributed by atoms with Crippen LogP contribution in [0.2, 0.25) is 9.36 Å². The van der Waals surface area contributed by atoms with Gasteiger partial charge in [0.25, 0.3) is 0 Å². The van der Waals surface area contributed by atoms with Crippen molar-refractivity contribution in [3.05, 3.63) is 55.7 Å². The van der Waals surface area contributed by atoms with Crippen LogP contribution in [0.5, 0.6) is 0 Å². The molecule has 0 saturated heterocycles. The molecule has 1 unspecified atom stereocenters. The number of rotatable bonds is 3. The first-order valence-electron chi connectivity index (χ1n) is 5.31. The molecule has 0 saturated carbocycles. The van der Waals surface area contributed by atoms with Gasteiger partial charge in [-0.25, -0.2) is 0 Å². The highest BCUT2D eigenvalue weighted by Gasteiger charge is 2.17. The number of thiophene rings is 1. The largest absolute Gasteiger partial charge is 0.309 e. The van der Waals surface area contributed by atoms with Crippen LogP contribution in [0, 0.1) is 6.92 Å². The zero-order valence-electron chi connectivity index (χ0n) is 9.63. The number of nitrogens with one attached hydrogen (secondary N) is 1. The molecule has 1 atom stereocenters. The van der Waals surface area contributed by atoms with Crippen LogP contribution in [0.25, 0.3) is 0 Å². The molecule has 17 heavy (non-hydrogen) atoms. The van der Waals surface area contributed by atoms with Crippen molar-refractivity contribution in [3.8, 4) is 0 Å². The number of halogens is 2. The zero-order valence-corrected chi connectivity index (χ0v) is 12.0. The maximum absolute atomic E-state index is 6.23. The van der Waals surface area contributed by atoms with Gasteiger partial charge >= 0.3 is 0 Å². The monoisotopic (exact) mass is 285 g/mol. The highest BCUT2D eigenvalue weighted by molar-refractivity contribution is 7.16. The summed E-state index contributed by atoms with van der Waals surface area (Å²) < 4.78 is 0.840. The van der Waals surface area contributed by atoms with Crippen molar-refractivity contribution >= 4 is 34.5 Å². The summed E-state index contributed by atoms with van der Waals surface area (Å²) in [7, 11) is 1.93. The highest BCUT2D eigenvalue weighted by atomic mass is 35.5. The Labute approximate surface area is 115 Å². The van der Waals surface area contributed by atoms with Gasteiger partial charge in [0, 0.05) is 9.90 Å². The minimum atomic E-state index is 0.0971. The topological polar surface area (TPSA) is 12.0 Å². The summed E-state index contributed by atoms with van der Waals surface area (Å²) in [5.74, 6) is 0. The summed E-state index contributed by atoms with van der Waals surface area (Å²) in [4.78, 5) is 1.18. The van der Waals surface area contributed by atoms with E-state index in [0.717, 1.165) is 20.5 Å². The average molecular weight is 286 g/mol. The molecular formula is C13H13Cl2NS. The molecule has 1 aromatic heterocycles. The van der Waals surface area contributed by atoms with Crippen LogP contribution in [0.4, 0.5) is 0 Å². The fourth-order valence-corrected chi connectivity index (χ4v) is 3.38. The van der Waals surface area contributed by atoms with Gasteiger partial charge in [-0.2, -0.15) is 0 Å². The molecule has 90 valence electrons. The number of aryl methyl sites for hydroxylation is 1. The lowest BCUT2D eigenvalue weighted by atomic mass is 10.1. The van der Waals surface area contributed by atoms with E-state index < -0.39 is 0 Å². The summed E-state index contributed by atoms with van der Waals surface area (Å²) in [5, 5.41) is 4.06. The molecule has 0 amide bonds. The van der Waals surface area contributed by atoms with Gasteiger partial charge in [0.05, 0.1) is 10.4 Å². The molecule has 1 aromatic carbocycles. The van der Waals surface area contributed by atoms with Crippen molar-refractivity contribution in [1.29, 1.82) is 0 Å². The second-order valence-corrected chi connectivity index (χ2v) is 5.94. The van der Waals surface area contributed by atoms with Crippen LogP contribution in [0.15, 0.2) is 30.3 Å². The third-order valence-corrected chi connectivity index (χ3v) is 4.63. The Morgan fingerprint density at radius 3 is 2.47 bits per heavy atom. The van der Waals surface area contributed by atoms with Crippen LogP contribution < -0.4 is 5.32 Å². The lowest BCUT2D eigenvalue weighted by molar-refractivity contribution is 0.704. The Bertz CT molecular complexity index is 502. The quantitative estimate of drug-likeness (QED) is 0.864. The Hall–Kier alpha value is -0.540. The molecule has 2 aromatic rings. The molecular weight excluding hydrogens is 273 g/mol. The van der Waals surface area contributed by atoms with E-state index in [1.165, 1.54) is 4.88 Å². The van der Waals surface area contributed by atoms with E-state index in [4.69, 9.17) is 23.2 Å². The van der Waals surface area contributed by atoms with E-state index in [2.05, 4.69) is 11.4 Å². The Morgan fingerprint density at radius 2 is 1.94 bits per heavy atom. The predicted octanol–water partition coefficient (Wildman–Crippen LogP) is 4.67. The minimum absolute atomic E-state index is 0.0971. The molecule has 0 aliphatic carbocycles. The van der Waals surface area contributed by atoms with Crippen LogP contribution in [0.1, 0.15) is 22.0 Å². The third kappa shape index (κ3) is 2.66. The number of hydrogen-bond acceptors (Lipinski definition) is 2. The first-order valence-corrected chi connectivity index (χ1v) is 6.88. The molecule has 0 fully saturated rings. The van der Waals surface area contributed by atoms with E-state index in [-0.39, 0.29) is 6.04 Å². The van der Waals surface area contributed by atoms with Gasteiger partial charge in [0.1, 0.15) is 0 Å². The third-order valence-electron chi connectivity index (χ3n) is 2.67. The summed E-state index contributed by atoms with van der Waals surface area (Å²) in [6.45, 7) is 2.02. The lowest BCUT2D eigenvalue weighted by Crippen LogP contribution is -2.16. The van der Waals surface area contributed by atoms with Crippen molar-refractivity contribution in [2.45, 2.75) is 13.0 Å². The standard InChI is InChI=1S/C13H13Cl2NS/c1-8-7-11(17-13(8)15)12(16-2)9-5-3-4-6-10(9)14/h3-7,12,16H,1-2H3. The maximum atomic E-state index is 6.23. The SMILES string of the molecule is CNC(c1cc(C)c(Cl)s1)c1ccccc1Cl. The van der Waals surface area contributed by atoms with E-state index in [9.17, 15) is 0 Å². The fraction of sp³-hybridized carbons (Fsp3) is 0.231. The molecule has 0 aliphatic heterocycles. The van der Waals surface area contributed by atoms with Crippen molar-refractivity contribution in [3.63, 3.8) is 0 Å². The number of benzene rings is 1. The predicted molar refractivity (Wildman–Crippen MR) is 76.4 cm³/mol. The Morgan fingerprint density at radius 1 is 1.24 bits per heavy atom. The van der Waals surface area contributed by atoms with Crippen LogP contribution >= 0.6 is 34.5 Å². The van der Waals surface area contributed by atoms with Crippen molar-refractivity contribution in [1.82, 2.24) is 5.32 Å². The van der Waals surface area contributed by atoms with Gasteiger partial charge in [-0.05, 0) is 37.2 Å². The van der Waals surface area contributed by atoms with Gasteiger partial charge in [0.15, 0.2) is 0 Å². The van der Waals surface area contributed by atoms with Gasteiger partial charge in [-0.1, -0.05) is 41.4 Å². The fourth-order valence-electron chi connectivity index (χ4n) is 1.79. The van der Waals surface area contributed by atoms with Crippen molar-refractivity contribution in [2.24, 2.45) is 0 Å². The summed E-state index contributed by atoms with van der Waals surface area (Å²) in [5.41, 5.74) is 2.19. The van der Waals surface area contributed by atoms with E-state index in [1.807, 2.05) is 38.2 Å². The van der Waals surface area contributed by atoms with Gasteiger partial charge in [-0.3, -0.25) is 0 Å². The molecule has 0 bridgehead atoms. The average Bonchev–Trinajstić information content (AvgIpc) is 2.63. The molecule has 2 rings (SSSR count). The first-order chi connectivity index (χ1) is 8.13. The molecule has 4 heteroatoms. The summed E-state index contributed by atoms with van der Waals surface area (Å²) in [6, 6.07) is 10.1.